The lowest BCUT2D eigenvalue weighted by molar-refractivity contribution is -0.138. The minimum Gasteiger partial charge on any atom is -0.480 e. The van der Waals surface area contributed by atoms with Crippen LogP contribution in [0.25, 0.3) is 0 Å². The van der Waals surface area contributed by atoms with E-state index in [0.717, 1.165) is 51.4 Å². The van der Waals surface area contributed by atoms with Crippen molar-refractivity contribution in [2.45, 2.75) is 76.7 Å². The van der Waals surface area contributed by atoms with Crippen LogP contribution in [0, 0.1) is 11.8 Å². The van der Waals surface area contributed by atoms with Gasteiger partial charge in [-0.25, -0.2) is 0 Å². The lowest BCUT2D eigenvalue weighted by atomic mass is 10.0. The van der Waals surface area contributed by atoms with E-state index in [1.807, 2.05) is 0 Å². The van der Waals surface area contributed by atoms with Gasteiger partial charge < -0.3 is 20.3 Å². The maximum Gasteiger partial charge on any atom is 0.320 e. The summed E-state index contributed by atoms with van der Waals surface area (Å²) in [6.45, 7) is 0. The van der Waals surface area contributed by atoms with Crippen LogP contribution in [0.4, 0.5) is 0 Å². The summed E-state index contributed by atoms with van der Waals surface area (Å²) in [5.41, 5.74) is 6.23. The predicted molar refractivity (Wildman–Crippen MR) is 110 cm³/mol. The first-order chi connectivity index (χ1) is 14.4. The molecule has 1 atom stereocenters. The van der Waals surface area contributed by atoms with Crippen LogP contribution in [0.1, 0.15) is 69.8 Å². The van der Waals surface area contributed by atoms with Gasteiger partial charge in [-0.1, -0.05) is 31.7 Å². The van der Waals surface area contributed by atoms with Crippen LogP contribution in [0.5, 0.6) is 11.5 Å². The molecular weight excluding hydrogens is 386 g/mol. The van der Waals surface area contributed by atoms with E-state index in [2.05, 4.69) is 0 Å². The fraction of sp³-hybridized carbons (Fsp3) is 0.609. The summed E-state index contributed by atoms with van der Waals surface area (Å²) in [6, 6.07) is 3.68. The van der Waals surface area contributed by atoms with E-state index in [1.165, 1.54) is 0 Å². The molecule has 1 aromatic rings. The molecule has 2 fully saturated rings. The number of rotatable bonds is 9. The monoisotopic (exact) mass is 417 g/mol. The Kier molecular flexibility index (Phi) is 7.85. The van der Waals surface area contributed by atoms with Gasteiger partial charge >= 0.3 is 17.9 Å². The standard InChI is InChI=1S/C23H31NO6/c24-18(23(27)28)11-17-9-10-19(29-21(25)13-15-5-1-2-6-15)20(12-17)30-22(26)14-16-7-3-4-8-16/h9-10,12,15-16,18H,1-8,11,13-14,24H2,(H,27,28). The first kappa shape index (κ1) is 22.3. The second-order valence-electron chi connectivity index (χ2n) is 8.59. The molecule has 2 aliphatic carbocycles. The van der Waals surface area contributed by atoms with Crippen LogP contribution in [0.3, 0.4) is 0 Å². The molecule has 164 valence electrons. The quantitative estimate of drug-likeness (QED) is 0.466. The maximum atomic E-state index is 12.4. The topological polar surface area (TPSA) is 116 Å². The highest BCUT2D eigenvalue weighted by Gasteiger charge is 2.24. The van der Waals surface area contributed by atoms with E-state index in [0.29, 0.717) is 30.2 Å². The molecule has 7 nitrogen and oxygen atoms in total. The number of carbonyl (C=O) groups is 3. The number of nitrogens with two attached hydrogens (primary N) is 1. The Bertz CT molecular complexity index is 765. The molecule has 2 aliphatic rings. The molecule has 1 unspecified atom stereocenters. The maximum absolute atomic E-state index is 12.4. The van der Waals surface area contributed by atoms with Gasteiger partial charge in [0, 0.05) is 12.8 Å². The zero-order chi connectivity index (χ0) is 21.5. The molecule has 0 saturated heterocycles. The van der Waals surface area contributed by atoms with Crippen molar-refractivity contribution < 1.29 is 29.0 Å². The molecule has 30 heavy (non-hydrogen) atoms. The summed E-state index contributed by atoms with van der Waals surface area (Å²) in [5, 5.41) is 9.05. The van der Waals surface area contributed by atoms with Crippen molar-refractivity contribution in [2.75, 3.05) is 0 Å². The number of carboxylic acid groups (broad SMARTS) is 1. The molecule has 3 rings (SSSR count). The highest BCUT2D eigenvalue weighted by Crippen LogP contribution is 2.33. The van der Waals surface area contributed by atoms with Crippen molar-refractivity contribution in [3.8, 4) is 11.5 Å². The summed E-state index contributed by atoms with van der Waals surface area (Å²) in [4.78, 5) is 35.9. The van der Waals surface area contributed by atoms with Crippen molar-refractivity contribution in [3.05, 3.63) is 23.8 Å². The number of carbonyl (C=O) groups excluding carboxylic acids is 2. The molecule has 3 N–H and O–H groups in total. The van der Waals surface area contributed by atoms with Gasteiger partial charge in [0.25, 0.3) is 0 Å². The first-order valence-corrected chi connectivity index (χ1v) is 10.9. The normalized spacial score (nSPS) is 18.3. The lowest BCUT2D eigenvalue weighted by Crippen LogP contribution is -2.32. The van der Waals surface area contributed by atoms with Crippen LogP contribution in [-0.2, 0) is 20.8 Å². The van der Waals surface area contributed by atoms with Gasteiger partial charge in [0.2, 0.25) is 0 Å². The minimum absolute atomic E-state index is 0.0822. The number of esters is 2. The number of hydrogen-bond donors (Lipinski definition) is 2. The van der Waals surface area contributed by atoms with Crippen LogP contribution >= 0.6 is 0 Å². The van der Waals surface area contributed by atoms with Gasteiger partial charge in [-0.3, -0.25) is 14.4 Å². The Balaban J connectivity index is 1.70. The molecule has 0 amide bonds. The van der Waals surface area contributed by atoms with Gasteiger partial charge in [0.05, 0.1) is 0 Å². The largest absolute Gasteiger partial charge is 0.480 e. The minimum atomic E-state index is -1.11. The molecule has 0 spiro atoms. The molecule has 0 aliphatic heterocycles. The second-order valence-corrected chi connectivity index (χ2v) is 8.59. The molecule has 7 heteroatoms. The third-order valence-electron chi connectivity index (χ3n) is 6.09. The van der Waals surface area contributed by atoms with Crippen molar-refractivity contribution in [1.29, 1.82) is 0 Å². The van der Waals surface area contributed by atoms with E-state index in [4.69, 9.17) is 20.3 Å². The van der Waals surface area contributed by atoms with Crippen LogP contribution in [0.15, 0.2) is 18.2 Å². The van der Waals surface area contributed by atoms with Crippen LogP contribution < -0.4 is 15.2 Å². The van der Waals surface area contributed by atoms with Crippen LogP contribution in [0.2, 0.25) is 0 Å². The Morgan fingerprint density at radius 1 is 0.900 bits per heavy atom. The number of benzene rings is 1. The molecule has 0 heterocycles. The van der Waals surface area contributed by atoms with Gasteiger partial charge in [0.15, 0.2) is 11.5 Å². The van der Waals surface area contributed by atoms with E-state index < -0.39 is 12.0 Å². The average molecular weight is 418 g/mol. The fourth-order valence-electron chi connectivity index (χ4n) is 4.41. The fourth-order valence-corrected chi connectivity index (χ4v) is 4.41. The smallest absolute Gasteiger partial charge is 0.320 e. The van der Waals surface area contributed by atoms with Gasteiger partial charge in [-0.05, 0) is 61.6 Å². The highest BCUT2D eigenvalue weighted by molar-refractivity contribution is 5.77. The van der Waals surface area contributed by atoms with Crippen molar-refractivity contribution in [3.63, 3.8) is 0 Å². The molecule has 0 aromatic heterocycles. The van der Waals surface area contributed by atoms with E-state index in [9.17, 15) is 14.4 Å². The Hall–Kier alpha value is -2.41. The van der Waals surface area contributed by atoms with E-state index in [1.54, 1.807) is 18.2 Å². The number of carboxylic acids is 1. The number of ether oxygens (including phenoxy) is 2. The molecule has 0 radical (unpaired) electrons. The van der Waals surface area contributed by atoms with Crippen molar-refractivity contribution >= 4 is 17.9 Å². The summed E-state index contributed by atoms with van der Waals surface area (Å²) in [5.74, 6) is -0.812. The van der Waals surface area contributed by atoms with Crippen LogP contribution in [-0.4, -0.2) is 29.1 Å². The molecule has 1 aromatic carbocycles. The van der Waals surface area contributed by atoms with Crippen molar-refractivity contribution in [2.24, 2.45) is 17.6 Å². The summed E-state index contributed by atoms with van der Waals surface area (Å²) < 4.78 is 11.1. The summed E-state index contributed by atoms with van der Waals surface area (Å²) in [7, 11) is 0. The number of hydrogen-bond acceptors (Lipinski definition) is 6. The number of aliphatic carboxylic acids is 1. The average Bonchev–Trinajstić information content (AvgIpc) is 3.38. The third kappa shape index (κ3) is 6.55. The predicted octanol–water partition coefficient (Wildman–Crippen LogP) is 3.61. The Morgan fingerprint density at radius 3 is 1.90 bits per heavy atom. The summed E-state index contributed by atoms with van der Waals surface area (Å²) in [6.07, 6.45) is 9.40. The molecular formula is C23H31NO6. The third-order valence-corrected chi connectivity index (χ3v) is 6.09. The molecule has 2 saturated carbocycles. The zero-order valence-corrected chi connectivity index (χ0v) is 17.3. The zero-order valence-electron chi connectivity index (χ0n) is 17.3. The highest BCUT2D eigenvalue weighted by atomic mass is 16.6. The van der Waals surface area contributed by atoms with E-state index >= 15 is 0 Å². The second kappa shape index (κ2) is 10.6. The van der Waals surface area contributed by atoms with Crippen molar-refractivity contribution in [1.82, 2.24) is 0 Å². The molecule has 0 bridgehead atoms. The van der Waals surface area contributed by atoms with Gasteiger partial charge in [-0.2, -0.15) is 0 Å². The van der Waals surface area contributed by atoms with Gasteiger partial charge in [-0.15, -0.1) is 0 Å². The van der Waals surface area contributed by atoms with E-state index in [-0.39, 0.29) is 29.9 Å². The Labute approximate surface area is 176 Å². The van der Waals surface area contributed by atoms with Gasteiger partial charge in [0.1, 0.15) is 6.04 Å². The SMILES string of the molecule is NC(Cc1ccc(OC(=O)CC2CCCC2)c(OC(=O)CC2CCCC2)c1)C(=O)O. The first-order valence-electron chi connectivity index (χ1n) is 10.9. The summed E-state index contributed by atoms with van der Waals surface area (Å²) >= 11 is 0. The Morgan fingerprint density at radius 2 is 1.40 bits per heavy atom. The lowest BCUT2D eigenvalue weighted by Gasteiger charge is -2.15.